The van der Waals surface area contributed by atoms with E-state index in [1.54, 1.807) is 26.4 Å². The van der Waals surface area contributed by atoms with Crippen molar-refractivity contribution in [3.05, 3.63) is 21.3 Å². The lowest BCUT2D eigenvalue weighted by atomic mass is 10.1. The van der Waals surface area contributed by atoms with Crippen LogP contribution < -0.4 is 9.47 Å². The molecule has 0 aromatic heterocycles. The van der Waals surface area contributed by atoms with Crippen molar-refractivity contribution in [3.63, 3.8) is 0 Å². The highest BCUT2D eigenvalue weighted by Gasteiger charge is 2.12. The lowest BCUT2D eigenvalue weighted by Crippen LogP contribution is -1.99. The van der Waals surface area contributed by atoms with E-state index in [0.717, 1.165) is 3.57 Å². The Kier molecular flexibility index (Phi) is 3.74. The second-order valence-electron chi connectivity index (χ2n) is 2.74. The molecule has 0 aliphatic carbocycles. The third-order valence-corrected chi connectivity index (χ3v) is 2.70. The number of ketones is 1. The Balaban J connectivity index is 3.32. The van der Waals surface area contributed by atoms with Crippen LogP contribution in [0.1, 0.15) is 17.3 Å². The quantitative estimate of drug-likeness (QED) is 0.636. The number of carbonyl (C=O) groups excluding carboxylic acids is 1. The second kappa shape index (κ2) is 4.63. The standard InChI is InChI=1S/C10H11IO3/c1-6(12)7-4-10(14-3)8(11)5-9(7)13-2/h4-5H,1-3H3. The van der Waals surface area contributed by atoms with E-state index in [1.165, 1.54) is 6.92 Å². The normalized spacial score (nSPS) is 9.71. The van der Waals surface area contributed by atoms with Gasteiger partial charge >= 0.3 is 0 Å². The van der Waals surface area contributed by atoms with E-state index in [2.05, 4.69) is 22.6 Å². The molecule has 0 heterocycles. The Morgan fingerprint density at radius 2 is 1.79 bits per heavy atom. The fourth-order valence-electron chi connectivity index (χ4n) is 1.14. The number of hydrogen-bond donors (Lipinski definition) is 0. The molecular formula is C10H11IO3. The van der Waals surface area contributed by atoms with Crippen LogP contribution in [-0.2, 0) is 0 Å². The monoisotopic (exact) mass is 306 g/mol. The molecule has 0 saturated heterocycles. The Morgan fingerprint density at radius 3 is 2.21 bits per heavy atom. The number of methoxy groups -OCH3 is 2. The number of Topliss-reactive ketones (excluding diaryl/α,β-unsaturated/α-hetero) is 1. The first-order valence-corrected chi connectivity index (χ1v) is 5.10. The number of benzene rings is 1. The zero-order valence-electron chi connectivity index (χ0n) is 8.26. The highest BCUT2D eigenvalue weighted by Crippen LogP contribution is 2.29. The lowest BCUT2D eigenvalue weighted by molar-refractivity contribution is 0.101. The third kappa shape index (κ3) is 2.17. The van der Waals surface area contributed by atoms with Gasteiger partial charge in [0, 0.05) is 0 Å². The first-order valence-electron chi connectivity index (χ1n) is 4.02. The van der Waals surface area contributed by atoms with E-state index >= 15 is 0 Å². The third-order valence-electron chi connectivity index (χ3n) is 1.85. The average molecular weight is 306 g/mol. The fraction of sp³-hybridized carbons (Fsp3) is 0.300. The van der Waals surface area contributed by atoms with Gasteiger partial charge < -0.3 is 9.47 Å². The summed E-state index contributed by atoms with van der Waals surface area (Å²) in [6.45, 7) is 1.50. The molecule has 0 atom stereocenters. The topological polar surface area (TPSA) is 35.5 Å². The van der Waals surface area contributed by atoms with Crippen LogP contribution in [0.25, 0.3) is 0 Å². The summed E-state index contributed by atoms with van der Waals surface area (Å²) >= 11 is 2.13. The van der Waals surface area contributed by atoms with Crippen molar-refractivity contribution in [1.29, 1.82) is 0 Å². The molecule has 4 heteroatoms. The predicted molar refractivity (Wildman–Crippen MR) is 62.3 cm³/mol. The highest BCUT2D eigenvalue weighted by atomic mass is 127. The van der Waals surface area contributed by atoms with Crippen molar-refractivity contribution in [3.8, 4) is 11.5 Å². The molecule has 1 rings (SSSR count). The lowest BCUT2D eigenvalue weighted by Gasteiger charge is -2.09. The fourth-order valence-corrected chi connectivity index (χ4v) is 1.79. The Morgan fingerprint density at radius 1 is 1.21 bits per heavy atom. The zero-order valence-corrected chi connectivity index (χ0v) is 10.4. The first-order chi connectivity index (χ1) is 6.60. The van der Waals surface area contributed by atoms with Crippen LogP contribution in [0.4, 0.5) is 0 Å². The maximum Gasteiger partial charge on any atom is 0.163 e. The van der Waals surface area contributed by atoms with E-state index in [9.17, 15) is 4.79 Å². The largest absolute Gasteiger partial charge is 0.496 e. The summed E-state index contributed by atoms with van der Waals surface area (Å²) < 4.78 is 11.1. The second-order valence-corrected chi connectivity index (χ2v) is 3.91. The van der Waals surface area contributed by atoms with Gasteiger partial charge in [0.05, 0.1) is 23.4 Å². The molecule has 1 aromatic carbocycles. The molecule has 0 amide bonds. The zero-order chi connectivity index (χ0) is 10.7. The molecule has 0 bridgehead atoms. The molecule has 0 aliphatic heterocycles. The number of halogens is 1. The van der Waals surface area contributed by atoms with Crippen LogP contribution in [-0.4, -0.2) is 20.0 Å². The predicted octanol–water partition coefficient (Wildman–Crippen LogP) is 2.51. The molecule has 0 radical (unpaired) electrons. The highest BCUT2D eigenvalue weighted by molar-refractivity contribution is 14.1. The van der Waals surface area contributed by atoms with Gasteiger partial charge in [-0.1, -0.05) is 0 Å². The number of hydrogen-bond acceptors (Lipinski definition) is 3. The van der Waals surface area contributed by atoms with E-state index in [-0.39, 0.29) is 5.78 Å². The van der Waals surface area contributed by atoms with Crippen molar-refractivity contribution >= 4 is 28.4 Å². The van der Waals surface area contributed by atoms with E-state index in [4.69, 9.17) is 9.47 Å². The van der Waals surface area contributed by atoms with Gasteiger partial charge in [0.15, 0.2) is 5.78 Å². The minimum atomic E-state index is -0.0310. The molecule has 0 N–H and O–H groups in total. The Hall–Kier alpha value is -0.780. The number of carbonyl (C=O) groups is 1. The van der Waals surface area contributed by atoms with Gasteiger partial charge in [-0.3, -0.25) is 4.79 Å². The Labute approximate surface area is 96.5 Å². The Bertz CT molecular complexity index is 361. The van der Waals surface area contributed by atoms with Gasteiger partial charge in [-0.2, -0.15) is 0 Å². The molecule has 3 nitrogen and oxygen atoms in total. The SMILES string of the molecule is COc1cc(C(C)=O)c(OC)cc1I. The summed E-state index contributed by atoms with van der Waals surface area (Å²) in [5, 5.41) is 0. The molecule has 0 spiro atoms. The maximum atomic E-state index is 11.3. The van der Waals surface area contributed by atoms with Crippen LogP contribution in [0.5, 0.6) is 11.5 Å². The van der Waals surface area contributed by atoms with E-state index < -0.39 is 0 Å². The number of ether oxygens (including phenoxy) is 2. The van der Waals surface area contributed by atoms with Gasteiger partial charge in [0.25, 0.3) is 0 Å². The van der Waals surface area contributed by atoms with Gasteiger partial charge in [0.2, 0.25) is 0 Å². The molecule has 0 saturated carbocycles. The van der Waals surface area contributed by atoms with Crippen LogP contribution in [0.2, 0.25) is 0 Å². The number of rotatable bonds is 3. The van der Waals surface area contributed by atoms with Gasteiger partial charge in [-0.25, -0.2) is 0 Å². The van der Waals surface area contributed by atoms with Crippen LogP contribution in [0.15, 0.2) is 12.1 Å². The van der Waals surface area contributed by atoms with Crippen molar-refractivity contribution in [2.75, 3.05) is 14.2 Å². The molecule has 14 heavy (non-hydrogen) atoms. The molecular weight excluding hydrogens is 295 g/mol. The molecule has 0 unspecified atom stereocenters. The van der Waals surface area contributed by atoms with E-state index in [0.29, 0.717) is 17.1 Å². The average Bonchev–Trinajstić information content (AvgIpc) is 2.16. The molecule has 0 aliphatic rings. The van der Waals surface area contributed by atoms with E-state index in [1.807, 2.05) is 0 Å². The van der Waals surface area contributed by atoms with Crippen molar-refractivity contribution in [1.82, 2.24) is 0 Å². The summed E-state index contributed by atoms with van der Waals surface area (Å²) in [7, 11) is 3.12. The van der Waals surface area contributed by atoms with Gasteiger partial charge in [-0.15, -0.1) is 0 Å². The van der Waals surface area contributed by atoms with Crippen LogP contribution in [0.3, 0.4) is 0 Å². The first kappa shape index (κ1) is 11.3. The summed E-state index contributed by atoms with van der Waals surface area (Å²) in [6.07, 6.45) is 0. The minimum absolute atomic E-state index is 0.0310. The smallest absolute Gasteiger partial charge is 0.163 e. The van der Waals surface area contributed by atoms with Crippen LogP contribution >= 0.6 is 22.6 Å². The van der Waals surface area contributed by atoms with Gasteiger partial charge in [-0.05, 0) is 41.6 Å². The summed E-state index contributed by atoms with van der Waals surface area (Å²) in [5.74, 6) is 1.25. The van der Waals surface area contributed by atoms with Crippen molar-refractivity contribution in [2.45, 2.75) is 6.92 Å². The summed E-state index contributed by atoms with van der Waals surface area (Å²) in [5.41, 5.74) is 0.546. The van der Waals surface area contributed by atoms with Gasteiger partial charge in [0.1, 0.15) is 11.5 Å². The summed E-state index contributed by atoms with van der Waals surface area (Å²) in [6, 6.07) is 3.49. The molecule has 0 fully saturated rings. The van der Waals surface area contributed by atoms with Crippen molar-refractivity contribution in [2.24, 2.45) is 0 Å². The molecule has 76 valence electrons. The van der Waals surface area contributed by atoms with Crippen LogP contribution in [0, 0.1) is 3.57 Å². The minimum Gasteiger partial charge on any atom is -0.496 e. The molecule has 1 aromatic rings. The summed E-state index contributed by atoms with van der Waals surface area (Å²) in [4.78, 5) is 11.3. The van der Waals surface area contributed by atoms with Crippen molar-refractivity contribution < 1.29 is 14.3 Å². The maximum absolute atomic E-state index is 11.3.